The van der Waals surface area contributed by atoms with Crippen LogP contribution in [-0.2, 0) is 13.1 Å². The van der Waals surface area contributed by atoms with Gasteiger partial charge in [-0.2, -0.15) is 0 Å². The number of nitrogens with one attached hydrogen (secondary N) is 2. The minimum atomic E-state index is -0.294. The molecule has 3 aromatic rings. The van der Waals surface area contributed by atoms with Gasteiger partial charge in [0.2, 0.25) is 0 Å². The van der Waals surface area contributed by atoms with E-state index in [0.29, 0.717) is 29.6 Å². The van der Waals surface area contributed by atoms with E-state index in [2.05, 4.69) is 15.6 Å². The highest BCUT2D eigenvalue weighted by Gasteiger charge is 2.08. The number of halogens is 1. The van der Waals surface area contributed by atoms with Crippen molar-refractivity contribution in [3.8, 4) is 11.5 Å². The van der Waals surface area contributed by atoms with E-state index in [-0.39, 0.29) is 6.03 Å². The molecule has 0 saturated carbocycles. The van der Waals surface area contributed by atoms with Gasteiger partial charge in [-0.3, -0.25) is 0 Å². The predicted octanol–water partition coefficient (Wildman–Crippen LogP) is 3.00. The number of carbonyl (C=O) groups is 1. The number of amides is 2. The maximum absolute atomic E-state index is 12.0. The normalized spacial score (nSPS) is 10.6. The van der Waals surface area contributed by atoms with Gasteiger partial charge in [-0.25, -0.2) is 9.78 Å². The zero-order valence-corrected chi connectivity index (χ0v) is 15.2. The first-order chi connectivity index (χ1) is 12.6. The molecule has 0 unspecified atom stereocenters. The van der Waals surface area contributed by atoms with Gasteiger partial charge in [0.25, 0.3) is 0 Å². The molecule has 0 saturated heterocycles. The molecular formula is C18H19ClN4O3. The highest BCUT2D eigenvalue weighted by Crippen LogP contribution is 2.24. The van der Waals surface area contributed by atoms with Crippen LogP contribution in [0.3, 0.4) is 0 Å². The Balaban J connectivity index is 1.55. The SMILES string of the molecule is COc1ccc(CNC(=O)NCc2cn3cc(Cl)ccc3n2)c(OC)c1. The monoisotopic (exact) mass is 374 g/mol. The Labute approximate surface area is 155 Å². The molecule has 136 valence electrons. The molecule has 0 aliphatic heterocycles. The smallest absolute Gasteiger partial charge is 0.315 e. The van der Waals surface area contributed by atoms with Crippen LogP contribution in [0.4, 0.5) is 4.79 Å². The quantitative estimate of drug-likeness (QED) is 0.695. The van der Waals surface area contributed by atoms with Gasteiger partial charge >= 0.3 is 6.03 Å². The van der Waals surface area contributed by atoms with Crippen LogP contribution in [0, 0.1) is 0 Å². The van der Waals surface area contributed by atoms with Crippen molar-refractivity contribution in [1.82, 2.24) is 20.0 Å². The van der Waals surface area contributed by atoms with Crippen molar-refractivity contribution in [2.45, 2.75) is 13.1 Å². The Morgan fingerprint density at radius 1 is 1.12 bits per heavy atom. The van der Waals surface area contributed by atoms with Crippen LogP contribution in [0.1, 0.15) is 11.3 Å². The number of aromatic nitrogens is 2. The fourth-order valence-electron chi connectivity index (χ4n) is 2.51. The number of ether oxygens (including phenoxy) is 2. The van der Waals surface area contributed by atoms with Crippen molar-refractivity contribution in [2.75, 3.05) is 14.2 Å². The molecular weight excluding hydrogens is 356 g/mol. The van der Waals surface area contributed by atoms with E-state index < -0.39 is 0 Å². The van der Waals surface area contributed by atoms with E-state index in [4.69, 9.17) is 21.1 Å². The minimum Gasteiger partial charge on any atom is -0.497 e. The molecule has 3 rings (SSSR count). The molecule has 2 N–H and O–H groups in total. The van der Waals surface area contributed by atoms with Crippen LogP contribution in [0.15, 0.2) is 42.7 Å². The first-order valence-electron chi connectivity index (χ1n) is 7.95. The number of benzene rings is 1. The molecule has 2 heterocycles. The molecule has 2 aromatic heterocycles. The molecule has 0 atom stereocenters. The summed E-state index contributed by atoms with van der Waals surface area (Å²) in [6, 6.07) is 8.75. The lowest BCUT2D eigenvalue weighted by atomic mass is 10.2. The summed E-state index contributed by atoms with van der Waals surface area (Å²) in [6.07, 6.45) is 3.59. The Morgan fingerprint density at radius 2 is 1.92 bits per heavy atom. The maximum atomic E-state index is 12.0. The van der Waals surface area contributed by atoms with Gasteiger partial charge in [0, 0.05) is 30.6 Å². The van der Waals surface area contributed by atoms with Crippen LogP contribution in [0.5, 0.6) is 11.5 Å². The number of urea groups is 1. The molecule has 0 aliphatic rings. The molecule has 0 radical (unpaired) electrons. The number of hydrogen-bond donors (Lipinski definition) is 2. The third kappa shape index (κ3) is 4.18. The summed E-state index contributed by atoms with van der Waals surface area (Å²) in [7, 11) is 3.17. The van der Waals surface area contributed by atoms with Crippen LogP contribution < -0.4 is 20.1 Å². The number of fused-ring (bicyclic) bond motifs is 1. The standard InChI is InChI=1S/C18H19ClN4O3/c1-25-15-5-3-12(16(7-15)26-2)8-20-18(24)21-9-14-11-23-10-13(19)4-6-17(23)22-14/h3-7,10-11H,8-9H2,1-2H3,(H2,20,21,24). The molecule has 26 heavy (non-hydrogen) atoms. The molecule has 0 fully saturated rings. The Morgan fingerprint density at radius 3 is 2.69 bits per heavy atom. The third-order valence-electron chi connectivity index (χ3n) is 3.83. The first kappa shape index (κ1) is 17.9. The van der Waals surface area contributed by atoms with Gasteiger partial charge in [-0.05, 0) is 24.3 Å². The highest BCUT2D eigenvalue weighted by molar-refractivity contribution is 6.30. The molecule has 0 aliphatic carbocycles. The number of methoxy groups -OCH3 is 2. The van der Waals surface area contributed by atoms with Crippen LogP contribution >= 0.6 is 11.6 Å². The van der Waals surface area contributed by atoms with Crippen molar-refractivity contribution in [1.29, 1.82) is 0 Å². The van der Waals surface area contributed by atoms with Crippen LogP contribution in [0.2, 0.25) is 5.02 Å². The van der Waals surface area contributed by atoms with E-state index in [0.717, 1.165) is 16.9 Å². The number of hydrogen-bond acceptors (Lipinski definition) is 4. The summed E-state index contributed by atoms with van der Waals surface area (Å²) < 4.78 is 12.3. The summed E-state index contributed by atoms with van der Waals surface area (Å²) in [4.78, 5) is 16.5. The number of pyridine rings is 1. The van der Waals surface area contributed by atoms with Crippen molar-refractivity contribution in [3.05, 3.63) is 59.0 Å². The second-order valence-electron chi connectivity index (χ2n) is 5.56. The number of imidazole rings is 1. The predicted molar refractivity (Wildman–Crippen MR) is 98.8 cm³/mol. The van der Waals surface area contributed by atoms with Gasteiger partial charge < -0.3 is 24.5 Å². The second kappa shape index (κ2) is 7.97. The van der Waals surface area contributed by atoms with E-state index in [9.17, 15) is 4.79 Å². The number of nitrogens with zero attached hydrogens (tertiary/aromatic N) is 2. The molecule has 1 aromatic carbocycles. The fourth-order valence-corrected chi connectivity index (χ4v) is 2.68. The summed E-state index contributed by atoms with van der Waals surface area (Å²) in [5.74, 6) is 1.35. The lowest BCUT2D eigenvalue weighted by molar-refractivity contribution is 0.240. The minimum absolute atomic E-state index is 0.294. The highest BCUT2D eigenvalue weighted by atomic mass is 35.5. The van der Waals surface area contributed by atoms with E-state index >= 15 is 0 Å². The number of rotatable bonds is 6. The summed E-state index contributed by atoms with van der Waals surface area (Å²) in [6.45, 7) is 0.644. The summed E-state index contributed by atoms with van der Waals surface area (Å²) >= 11 is 5.95. The zero-order chi connectivity index (χ0) is 18.5. The van der Waals surface area contributed by atoms with Crippen molar-refractivity contribution in [3.63, 3.8) is 0 Å². The summed E-state index contributed by atoms with van der Waals surface area (Å²) in [5, 5.41) is 6.20. The molecule has 0 bridgehead atoms. The van der Waals surface area contributed by atoms with E-state index in [1.54, 1.807) is 32.5 Å². The average molecular weight is 375 g/mol. The van der Waals surface area contributed by atoms with E-state index in [1.807, 2.05) is 28.8 Å². The Hall–Kier alpha value is -2.93. The lowest BCUT2D eigenvalue weighted by Gasteiger charge is -2.11. The Bertz CT molecular complexity index is 926. The topological polar surface area (TPSA) is 76.9 Å². The average Bonchev–Trinajstić information content (AvgIpc) is 3.06. The first-order valence-corrected chi connectivity index (χ1v) is 8.32. The second-order valence-corrected chi connectivity index (χ2v) is 6.00. The lowest BCUT2D eigenvalue weighted by Crippen LogP contribution is -2.34. The number of carbonyl (C=O) groups excluding carboxylic acids is 1. The van der Waals surface area contributed by atoms with Gasteiger partial charge in [0.15, 0.2) is 0 Å². The van der Waals surface area contributed by atoms with Crippen LogP contribution in [0.25, 0.3) is 5.65 Å². The van der Waals surface area contributed by atoms with Crippen molar-refractivity contribution in [2.24, 2.45) is 0 Å². The van der Waals surface area contributed by atoms with Gasteiger partial charge in [-0.1, -0.05) is 11.6 Å². The molecule has 2 amide bonds. The fraction of sp³-hybridized carbons (Fsp3) is 0.222. The Kier molecular flexibility index (Phi) is 5.48. The molecule has 7 nitrogen and oxygen atoms in total. The largest absolute Gasteiger partial charge is 0.497 e. The molecule has 8 heteroatoms. The van der Waals surface area contributed by atoms with Crippen molar-refractivity contribution < 1.29 is 14.3 Å². The van der Waals surface area contributed by atoms with Crippen LogP contribution in [-0.4, -0.2) is 29.6 Å². The summed E-state index contributed by atoms with van der Waals surface area (Å²) in [5.41, 5.74) is 2.37. The van der Waals surface area contributed by atoms with Gasteiger partial charge in [-0.15, -0.1) is 0 Å². The van der Waals surface area contributed by atoms with Gasteiger partial charge in [0.05, 0.1) is 31.5 Å². The maximum Gasteiger partial charge on any atom is 0.315 e. The van der Waals surface area contributed by atoms with Gasteiger partial charge in [0.1, 0.15) is 17.1 Å². The van der Waals surface area contributed by atoms with Crippen molar-refractivity contribution >= 4 is 23.3 Å². The molecule has 0 spiro atoms. The third-order valence-corrected chi connectivity index (χ3v) is 4.05. The van der Waals surface area contributed by atoms with E-state index in [1.165, 1.54) is 0 Å². The zero-order valence-electron chi connectivity index (χ0n) is 14.5.